The van der Waals surface area contributed by atoms with Gasteiger partial charge in [-0.05, 0) is 48.9 Å². The van der Waals surface area contributed by atoms with Crippen LogP contribution in [0.4, 0.5) is 4.39 Å². The number of fused-ring (bicyclic) bond motifs is 1. The smallest absolute Gasteiger partial charge is 0.268 e. The van der Waals surface area contributed by atoms with Crippen molar-refractivity contribution < 1.29 is 12.8 Å². The molecule has 0 amide bonds. The predicted molar refractivity (Wildman–Crippen MR) is 137 cm³/mol. The van der Waals surface area contributed by atoms with Crippen LogP contribution >= 0.6 is 11.8 Å². The van der Waals surface area contributed by atoms with Crippen molar-refractivity contribution in [3.63, 3.8) is 0 Å². The molecular formula is C26H23FN4O2S2. The van der Waals surface area contributed by atoms with Crippen molar-refractivity contribution in [2.75, 3.05) is 5.75 Å². The van der Waals surface area contributed by atoms with Gasteiger partial charge in [0.25, 0.3) is 10.0 Å². The average molecular weight is 507 g/mol. The van der Waals surface area contributed by atoms with Gasteiger partial charge in [0.2, 0.25) is 0 Å². The van der Waals surface area contributed by atoms with Crippen molar-refractivity contribution >= 4 is 32.7 Å². The standard InChI is InChI=1S/C26H23FN4O2S2/c1-2-3-17-34-26-29-28-25(31(26)20-15-13-19(27)14-16-20)23-18-30(24-12-8-7-11-22(23)24)35(32,33)21-9-5-4-6-10-21/h4-16,18H,2-3,17H2,1H3. The van der Waals surface area contributed by atoms with Gasteiger partial charge in [0.05, 0.1) is 10.4 Å². The second kappa shape index (κ2) is 9.67. The number of halogens is 1. The molecule has 0 bridgehead atoms. The number of nitrogens with zero attached hydrogens (tertiary/aromatic N) is 4. The first-order chi connectivity index (χ1) is 17.0. The molecule has 5 rings (SSSR count). The first kappa shape index (κ1) is 23.3. The Hall–Kier alpha value is -3.43. The summed E-state index contributed by atoms with van der Waals surface area (Å²) in [5.41, 5.74) is 1.87. The van der Waals surface area contributed by atoms with Gasteiger partial charge >= 0.3 is 0 Å². The van der Waals surface area contributed by atoms with Crippen molar-refractivity contribution in [1.82, 2.24) is 18.7 Å². The molecule has 6 nitrogen and oxygen atoms in total. The van der Waals surface area contributed by atoms with E-state index in [1.54, 1.807) is 72.6 Å². The molecule has 0 aliphatic heterocycles. The van der Waals surface area contributed by atoms with Crippen LogP contribution in [0.1, 0.15) is 19.8 Å². The zero-order chi connectivity index (χ0) is 24.4. The Morgan fingerprint density at radius 2 is 1.63 bits per heavy atom. The first-order valence-corrected chi connectivity index (χ1v) is 13.7. The van der Waals surface area contributed by atoms with Gasteiger partial charge in [0, 0.05) is 28.6 Å². The van der Waals surface area contributed by atoms with Crippen LogP contribution in [-0.4, -0.2) is 32.9 Å². The average Bonchev–Trinajstić information content (AvgIpc) is 3.47. The Morgan fingerprint density at radius 1 is 0.914 bits per heavy atom. The maximum atomic E-state index is 13.7. The van der Waals surface area contributed by atoms with Crippen molar-refractivity contribution in [3.8, 4) is 17.1 Å². The number of benzene rings is 3. The SMILES string of the molecule is CCCCSc1nnc(-c2cn(S(=O)(=O)c3ccccc3)c3ccccc23)n1-c1ccc(F)cc1. The molecule has 5 aromatic rings. The van der Waals surface area contributed by atoms with Gasteiger partial charge in [0.1, 0.15) is 5.82 Å². The maximum Gasteiger partial charge on any atom is 0.268 e. The third-order valence-electron chi connectivity index (χ3n) is 5.67. The van der Waals surface area contributed by atoms with E-state index in [2.05, 4.69) is 17.1 Å². The fourth-order valence-electron chi connectivity index (χ4n) is 3.90. The van der Waals surface area contributed by atoms with E-state index in [1.165, 1.54) is 16.1 Å². The van der Waals surface area contributed by atoms with E-state index in [0.717, 1.165) is 24.0 Å². The number of hydrogen-bond acceptors (Lipinski definition) is 5. The summed E-state index contributed by atoms with van der Waals surface area (Å²) in [6, 6.07) is 21.8. The molecule has 3 aromatic carbocycles. The van der Waals surface area contributed by atoms with E-state index in [4.69, 9.17) is 0 Å². The summed E-state index contributed by atoms with van der Waals surface area (Å²) in [5, 5.41) is 10.3. The minimum absolute atomic E-state index is 0.197. The lowest BCUT2D eigenvalue weighted by atomic mass is 10.1. The van der Waals surface area contributed by atoms with E-state index in [1.807, 2.05) is 16.7 Å². The first-order valence-electron chi connectivity index (χ1n) is 11.3. The number of hydrogen-bond donors (Lipinski definition) is 0. The maximum absolute atomic E-state index is 13.7. The van der Waals surface area contributed by atoms with Gasteiger partial charge in [-0.25, -0.2) is 16.8 Å². The zero-order valence-electron chi connectivity index (χ0n) is 19.0. The fraction of sp³-hybridized carbons (Fsp3) is 0.154. The minimum Gasteiger partial charge on any atom is -0.270 e. The molecule has 0 atom stereocenters. The molecule has 0 saturated heterocycles. The van der Waals surface area contributed by atoms with Crippen molar-refractivity contribution in [3.05, 3.63) is 90.9 Å². The van der Waals surface area contributed by atoms with E-state index < -0.39 is 10.0 Å². The molecule has 178 valence electrons. The second-order valence-corrected chi connectivity index (χ2v) is 10.9. The molecule has 2 aromatic heterocycles. The third kappa shape index (κ3) is 4.37. The lowest BCUT2D eigenvalue weighted by molar-refractivity contribution is 0.589. The monoisotopic (exact) mass is 506 g/mol. The summed E-state index contributed by atoms with van der Waals surface area (Å²) in [4.78, 5) is 0.197. The van der Waals surface area contributed by atoms with Crippen molar-refractivity contribution in [2.24, 2.45) is 0 Å². The summed E-state index contributed by atoms with van der Waals surface area (Å²) in [5.74, 6) is 1.02. The normalized spacial score (nSPS) is 11.8. The minimum atomic E-state index is -3.84. The van der Waals surface area contributed by atoms with Crippen LogP contribution < -0.4 is 0 Å². The highest BCUT2D eigenvalue weighted by Crippen LogP contribution is 2.35. The number of thioether (sulfide) groups is 1. The number of aromatic nitrogens is 4. The quantitative estimate of drug-likeness (QED) is 0.186. The highest BCUT2D eigenvalue weighted by atomic mass is 32.2. The Labute approximate surface area is 207 Å². The van der Waals surface area contributed by atoms with Gasteiger partial charge in [-0.3, -0.25) is 4.57 Å². The molecule has 0 aliphatic rings. The third-order valence-corrected chi connectivity index (χ3v) is 8.37. The van der Waals surface area contributed by atoms with Gasteiger partial charge in [-0.1, -0.05) is 61.5 Å². The zero-order valence-corrected chi connectivity index (χ0v) is 20.6. The molecule has 0 spiro atoms. The van der Waals surface area contributed by atoms with Gasteiger partial charge in [-0.2, -0.15) is 0 Å². The highest BCUT2D eigenvalue weighted by Gasteiger charge is 2.25. The van der Waals surface area contributed by atoms with E-state index in [0.29, 0.717) is 27.7 Å². The molecule has 0 aliphatic carbocycles. The van der Waals surface area contributed by atoms with Crippen LogP contribution in [-0.2, 0) is 10.0 Å². The van der Waals surface area contributed by atoms with Crippen molar-refractivity contribution in [1.29, 1.82) is 0 Å². The summed E-state index contributed by atoms with van der Waals surface area (Å²) >= 11 is 1.57. The summed E-state index contributed by atoms with van der Waals surface area (Å²) in [6.45, 7) is 2.12. The number of para-hydroxylation sites is 1. The molecule has 9 heteroatoms. The Morgan fingerprint density at radius 3 is 2.37 bits per heavy atom. The number of rotatable bonds is 8. The highest BCUT2D eigenvalue weighted by molar-refractivity contribution is 7.99. The van der Waals surface area contributed by atoms with E-state index in [-0.39, 0.29) is 10.7 Å². The molecule has 0 N–H and O–H groups in total. The lowest BCUT2D eigenvalue weighted by Crippen LogP contribution is -2.11. The summed E-state index contributed by atoms with van der Waals surface area (Å²) in [7, 11) is -3.84. The Balaban J connectivity index is 1.72. The molecule has 2 heterocycles. The van der Waals surface area contributed by atoms with Crippen LogP contribution in [0.3, 0.4) is 0 Å². The van der Waals surface area contributed by atoms with Crippen LogP contribution in [0.15, 0.2) is 95.1 Å². The predicted octanol–water partition coefficient (Wildman–Crippen LogP) is 6.16. The van der Waals surface area contributed by atoms with Gasteiger partial charge in [-0.15, -0.1) is 10.2 Å². The molecule has 35 heavy (non-hydrogen) atoms. The largest absolute Gasteiger partial charge is 0.270 e. The molecular weight excluding hydrogens is 483 g/mol. The second-order valence-electron chi connectivity index (χ2n) is 7.99. The number of unbranched alkanes of at least 4 members (excludes halogenated alkanes) is 1. The van der Waals surface area contributed by atoms with Crippen molar-refractivity contribution in [2.45, 2.75) is 29.8 Å². The van der Waals surface area contributed by atoms with Gasteiger partial charge in [0.15, 0.2) is 11.0 Å². The van der Waals surface area contributed by atoms with Crippen LogP contribution in [0.25, 0.3) is 28.0 Å². The molecule has 0 fully saturated rings. The van der Waals surface area contributed by atoms with Crippen LogP contribution in [0, 0.1) is 5.82 Å². The summed E-state index contributed by atoms with van der Waals surface area (Å²) < 4.78 is 43.9. The fourth-order valence-corrected chi connectivity index (χ4v) is 6.33. The lowest BCUT2D eigenvalue weighted by Gasteiger charge is -2.10. The topological polar surface area (TPSA) is 69.8 Å². The van der Waals surface area contributed by atoms with E-state index >= 15 is 0 Å². The van der Waals surface area contributed by atoms with Crippen LogP contribution in [0.5, 0.6) is 0 Å². The molecule has 0 radical (unpaired) electrons. The summed E-state index contributed by atoms with van der Waals surface area (Å²) in [6.07, 6.45) is 3.66. The van der Waals surface area contributed by atoms with Crippen LogP contribution in [0.2, 0.25) is 0 Å². The molecule has 0 unspecified atom stereocenters. The Kier molecular flexibility index (Phi) is 6.44. The molecule has 0 saturated carbocycles. The Bertz CT molecular complexity index is 1580. The van der Waals surface area contributed by atoms with Gasteiger partial charge < -0.3 is 0 Å². The van der Waals surface area contributed by atoms with E-state index in [9.17, 15) is 12.8 Å².